The lowest BCUT2D eigenvalue weighted by molar-refractivity contribution is 0.197. The average Bonchev–Trinajstić information content (AvgIpc) is 2.22. The molecule has 5 heteroatoms. The van der Waals surface area contributed by atoms with E-state index in [1.807, 2.05) is 0 Å². The van der Waals surface area contributed by atoms with Crippen molar-refractivity contribution in [2.75, 3.05) is 20.3 Å². The van der Waals surface area contributed by atoms with Crippen molar-refractivity contribution in [3.05, 3.63) is 35.4 Å². The molecule has 0 amide bonds. The summed E-state index contributed by atoms with van der Waals surface area (Å²) in [4.78, 5) is 0. The highest BCUT2D eigenvalue weighted by Crippen LogP contribution is 2.09. The third-order valence-electron chi connectivity index (χ3n) is 2.04. The van der Waals surface area contributed by atoms with Crippen molar-refractivity contribution in [3.63, 3.8) is 0 Å². The second-order valence-corrected chi connectivity index (χ2v) is 4.04. The van der Waals surface area contributed by atoms with Gasteiger partial charge in [0.25, 0.3) is 0 Å². The van der Waals surface area contributed by atoms with E-state index in [0.29, 0.717) is 25.3 Å². The van der Waals surface area contributed by atoms with Crippen LogP contribution in [0.5, 0.6) is 0 Å². The van der Waals surface area contributed by atoms with E-state index in [2.05, 4.69) is 5.32 Å². The van der Waals surface area contributed by atoms with Crippen molar-refractivity contribution in [2.45, 2.75) is 11.9 Å². The Morgan fingerprint density at radius 3 is 2.81 bits per heavy atom. The summed E-state index contributed by atoms with van der Waals surface area (Å²) in [6, 6.07) is 3.51. The molecule has 0 bridgehead atoms. The predicted molar refractivity (Wildman–Crippen MR) is 59.6 cm³/mol. The van der Waals surface area contributed by atoms with Crippen molar-refractivity contribution < 1.29 is 13.5 Å². The fraction of sp³-hybridized carbons (Fsp3) is 0.455. The summed E-state index contributed by atoms with van der Waals surface area (Å²) in [5.41, 5.74) is 0.419. The van der Waals surface area contributed by atoms with Crippen molar-refractivity contribution in [3.8, 4) is 0 Å². The standard InChI is InChI=1S/C11H14ClF2NO/c1-16-7-9(12)6-15-5-8-2-3-10(13)4-11(8)14/h2-4,9,15H,5-7H2,1H3. The van der Waals surface area contributed by atoms with Gasteiger partial charge in [-0.3, -0.25) is 0 Å². The van der Waals surface area contributed by atoms with E-state index in [1.165, 1.54) is 12.1 Å². The van der Waals surface area contributed by atoms with Crippen LogP contribution < -0.4 is 5.32 Å². The molecule has 16 heavy (non-hydrogen) atoms. The SMILES string of the molecule is COCC(Cl)CNCc1ccc(F)cc1F. The highest BCUT2D eigenvalue weighted by molar-refractivity contribution is 6.20. The Balaban J connectivity index is 2.37. The highest BCUT2D eigenvalue weighted by atomic mass is 35.5. The van der Waals surface area contributed by atoms with Crippen LogP contribution in [0, 0.1) is 11.6 Å². The number of rotatable bonds is 6. The molecule has 0 fully saturated rings. The molecule has 0 aromatic heterocycles. The first-order valence-corrected chi connectivity index (χ1v) is 5.34. The van der Waals surface area contributed by atoms with Crippen LogP contribution in [0.3, 0.4) is 0 Å². The zero-order valence-electron chi connectivity index (χ0n) is 8.97. The van der Waals surface area contributed by atoms with Gasteiger partial charge < -0.3 is 10.1 Å². The van der Waals surface area contributed by atoms with Gasteiger partial charge in [-0.2, -0.15) is 0 Å². The number of benzene rings is 1. The summed E-state index contributed by atoms with van der Waals surface area (Å²) < 4.78 is 30.6. The van der Waals surface area contributed by atoms with Crippen molar-refractivity contribution in [1.82, 2.24) is 5.32 Å². The molecule has 90 valence electrons. The number of alkyl halides is 1. The molecule has 1 atom stereocenters. The zero-order chi connectivity index (χ0) is 12.0. The molecule has 0 aliphatic heterocycles. The average molecular weight is 250 g/mol. The molecule has 0 aliphatic carbocycles. The summed E-state index contributed by atoms with van der Waals surface area (Å²) in [5.74, 6) is -1.12. The van der Waals surface area contributed by atoms with Crippen LogP contribution in [0.1, 0.15) is 5.56 Å². The van der Waals surface area contributed by atoms with Gasteiger partial charge in [-0.15, -0.1) is 11.6 Å². The summed E-state index contributed by atoms with van der Waals surface area (Å²) in [5, 5.41) is 2.81. The van der Waals surface area contributed by atoms with Gasteiger partial charge >= 0.3 is 0 Å². The largest absolute Gasteiger partial charge is 0.383 e. The minimum absolute atomic E-state index is 0.159. The van der Waals surface area contributed by atoms with Crippen LogP contribution in [0.2, 0.25) is 0 Å². The summed E-state index contributed by atoms with van der Waals surface area (Å²) >= 11 is 5.87. The third-order valence-corrected chi connectivity index (χ3v) is 2.32. The smallest absolute Gasteiger partial charge is 0.130 e. The van der Waals surface area contributed by atoms with Crippen LogP contribution in [0.15, 0.2) is 18.2 Å². The molecule has 0 radical (unpaired) electrons. The van der Waals surface area contributed by atoms with Gasteiger partial charge in [0.1, 0.15) is 11.6 Å². The minimum atomic E-state index is -0.573. The van der Waals surface area contributed by atoms with E-state index in [9.17, 15) is 8.78 Å². The monoisotopic (exact) mass is 249 g/mol. The van der Waals surface area contributed by atoms with Crippen LogP contribution in [0.4, 0.5) is 8.78 Å². The molecule has 1 unspecified atom stereocenters. The molecule has 1 rings (SSSR count). The minimum Gasteiger partial charge on any atom is -0.383 e. The number of halogens is 3. The molecule has 2 nitrogen and oxygen atoms in total. The van der Waals surface area contributed by atoms with Crippen molar-refractivity contribution in [1.29, 1.82) is 0 Å². The lowest BCUT2D eigenvalue weighted by Crippen LogP contribution is -2.26. The molecule has 0 aliphatic rings. The number of methoxy groups -OCH3 is 1. The van der Waals surface area contributed by atoms with Crippen LogP contribution in [-0.2, 0) is 11.3 Å². The van der Waals surface area contributed by atoms with E-state index < -0.39 is 11.6 Å². The van der Waals surface area contributed by atoms with E-state index >= 15 is 0 Å². The quantitative estimate of drug-likeness (QED) is 0.782. The van der Waals surface area contributed by atoms with Gasteiger partial charge in [0.15, 0.2) is 0 Å². The maximum Gasteiger partial charge on any atom is 0.130 e. The van der Waals surface area contributed by atoms with Gasteiger partial charge in [-0.05, 0) is 6.07 Å². The number of hydrogen-bond acceptors (Lipinski definition) is 2. The summed E-state index contributed by atoms with van der Waals surface area (Å²) in [7, 11) is 1.56. The first kappa shape index (κ1) is 13.4. The normalized spacial score (nSPS) is 12.8. The maximum atomic E-state index is 13.2. The van der Waals surface area contributed by atoms with Gasteiger partial charge in [0.2, 0.25) is 0 Å². The van der Waals surface area contributed by atoms with Crippen molar-refractivity contribution in [2.24, 2.45) is 0 Å². The maximum absolute atomic E-state index is 13.2. The molecule has 0 saturated carbocycles. The number of nitrogens with one attached hydrogen (secondary N) is 1. The van der Waals surface area contributed by atoms with Crippen LogP contribution >= 0.6 is 11.6 Å². The Bertz CT molecular complexity index is 336. The van der Waals surface area contributed by atoms with Crippen molar-refractivity contribution >= 4 is 11.6 Å². The lowest BCUT2D eigenvalue weighted by atomic mass is 10.2. The van der Waals surface area contributed by atoms with Gasteiger partial charge in [-0.1, -0.05) is 6.07 Å². The number of hydrogen-bond donors (Lipinski definition) is 1. The van der Waals surface area contributed by atoms with Crippen LogP contribution in [-0.4, -0.2) is 25.6 Å². The summed E-state index contributed by atoms with van der Waals surface area (Å²) in [6.07, 6.45) is 0. The molecule has 1 aromatic rings. The molecule has 0 heterocycles. The topological polar surface area (TPSA) is 21.3 Å². The Hall–Kier alpha value is -0.710. The molecule has 1 N–H and O–H groups in total. The van der Waals surface area contributed by atoms with E-state index in [4.69, 9.17) is 16.3 Å². The molecule has 0 spiro atoms. The third kappa shape index (κ3) is 4.43. The van der Waals surface area contributed by atoms with E-state index in [-0.39, 0.29) is 5.38 Å². The lowest BCUT2D eigenvalue weighted by Gasteiger charge is -2.10. The molecule has 0 saturated heterocycles. The highest BCUT2D eigenvalue weighted by Gasteiger charge is 2.06. The van der Waals surface area contributed by atoms with E-state index in [0.717, 1.165) is 6.07 Å². The Kier molecular flexibility index (Phi) is 5.66. The van der Waals surface area contributed by atoms with Gasteiger partial charge in [0, 0.05) is 31.8 Å². The van der Waals surface area contributed by atoms with Crippen LogP contribution in [0.25, 0.3) is 0 Å². The Morgan fingerprint density at radius 2 is 2.19 bits per heavy atom. The second-order valence-electron chi connectivity index (χ2n) is 3.42. The number of ether oxygens (including phenoxy) is 1. The predicted octanol–water partition coefficient (Wildman–Crippen LogP) is 2.31. The molecular weight excluding hydrogens is 236 g/mol. The fourth-order valence-electron chi connectivity index (χ4n) is 1.27. The fourth-order valence-corrected chi connectivity index (χ4v) is 1.50. The van der Waals surface area contributed by atoms with Gasteiger partial charge in [0.05, 0.1) is 12.0 Å². The first-order chi connectivity index (χ1) is 7.63. The second kappa shape index (κ2) is 6.78. The molecule has 1 aromatic carbocycles. The van der Waals surface area contributed by atoms with Gasteiger partial charge in [-0.25, -0.2) is 8.78 Å². The van der Waals surface area contributed by atoms with E-state index in [1.54, 1.807) is 7.11 Å². The molecular formula is C11H14ClF2NO. The first-order valence-electron chi connectivity index (χ1n) is 4.91. The Morgan fingerprint density at radius 1 is 1.44 bits per heavy atom. The zero-order valence-corrected chi connectivity index (χ0v) is 9.73. The Labute approximate surface area is 98.6 Å². The summed E-state index contributed by atoms with van der Waals surface area (Å²) in [6.45, 7) is 1.26.